The van der Waals surface area contributed by atoms with E-state index < -0.39 is 0 Å². The number of urea groups is 1. The summed E-state index contributed by atoms with van der Waals surface area (Å²) < 4.78 is 12.8. The summed E-state index contributed by atoms with van der Waals surface area (Å²) in [5.41, 5.74) is 3.48. The molecule has 8 heteroatoms. The van der Waals surface area contributed by atoms with Gasteiger partial charge in [-0.05, 0) is 43.2 Å². The molecular formula is C23H27N5O3. The van der Waals surface area contributed by atoms with Crippen molar-refractivity contribution in [3.63, 3.8) is 0 Å². The van der Waals surface area contributed by atoms with Gasteiger partial charge >= 0.3 is 6.03 Å². The lowest BCUT2D eigenvalue weighted by atomic mass is 10.1. The monoisotopic (exact) mass is 421 g/mol. The van der Waals surface area contributed by atoms with Crippen molar-refractivity contribution in [1.29, 1.82) is 0 Å². The SMILES string of the molecule is COc1cccc(NC(=O)NCc2cc(-c3ccncc3)n(C3CCCC3)n2)c1OC. The molecule has 2 heterocycles. The number of aromatic nitrogens is 3. The van der Waals surface area contributed by atoms with Crippen molar-refractivity contribution in [3.8, 4) is 22.8 Å². The predicted molar refractivity (Wildman–Crippen MR) is 118 cm³/mol. The topological polar surface area (TPSA) is 90.3 Å². The molecule has 4 rings (SSSR count). The Bertz CT molecular complexity index is 1030. The zero-order chi connectivity index (χ0) is 21.6. The largest absolute Gasteiger partial charge is 0.493 e. The van der Waals surface area contributed by atoms with Crippen LogP contribution >= 0.6 is 0 Å². The smallest absolute Gasteiger partial charge is 0.319 e. The van der Waals surface area contributed by atoms with Crippen LogP contribution in [0, 0.1) is 0 Å². The van der Waals surface area contributed by atoms with Crippen LogP contribution in [0.25, 0.3) is 11.3 Å². The van der Waals surface area contributed by atoms with Crippen LogP contribution in [0.1, 0.15) is 37.4 Å². The van der Waals surface area contributed by atoms with Crippen molar-refractivity contribution < 1.29 is 14.3 Å². The van der Waals surface area contributed by atoms with Gasteiger partial charge in [-0.2, -0.15) is 5.10 Å². The van der Waals surface area contributed by atoms with Crippen molar-refractivity contribution in [3.05, 3.63) is 54.5 Å². The minimum Gasteiger partial charge on any atom is -0.493 e. The Labute approximate surface area is 181 Å². The molecule has 0 aliphatic heterocycles. The van der Waals surface area contributed by atoms with Gasteiger partial charge in [-0.15, -0.1) is 0 Å². The molecular weight excluding hydrogens is 394 g/mol. The Balaban J connectivity index is 1.48. The molecule has 2 aromatic heterocycles. The van der Waals surface area contributed by atoms with E-state index in [0.29, 0.717) is 29.8 Å². The second kappa shape index (κ2) is 9.51. The Kier molecular flexibility index (Phi) is 6.35. The Morgan fingerprint density at radius 3 is 2.61 bits per heavy atom. The lowest BCUT2D eigenvalue weighted by Gasteiger charge is -2.14. The quantitative estimate of drug-likeness (QED) is 0.590. The first-order valence-corrected chi connectivity index (χ1v) is 10.4. The number of methoxy groups -OCH3 is 2. The third-order valence-electron chi connectivity index (χ3n) is 5.51. The number of para-hydroxylation sites is 1. The molecule has 1 saturated carbocycles. The maximum Gasteiger partial charge on any atom is 0.319 e. The number of benzene rings is 1. The second-order valence-corrected chi connectivity index (χ2v) is 7.49. The van der Waals surface area contributed by atoms with Crippen molar-refractivity contribution >= 4 is 11.7 Å². The van der Waals surface area contributed by atoms with E-state index in [1.807, 2.05) is 18.2 Å². The molecule has 0 unspecified atom stereocenters. The van der Waals surface area contributed by atoms with E-state index in [2.05, 4.69) is 20.3 Å². The fourth-order valence-electron chi connectivity index (χ4n) is 4.02. The summed E-state index contributed by atoms with van der Waals surface area (Å²) in [5.74, 6) is 1.03. The van der Waals surface area contributed by atoms with Gasteiger partial charge in [0.2, 0.25) is 0 Å². The standard InChI is InChI=1S/C23H27N5O3/c1-30-21-9-5-8-19(22(21)31-2)26-23(29)25-15-17-14-20(16-10-12-24-13-11-16)28(27-17)18-6-3-4-7-18/h5,8-14,18H,3-4,6-7,15H2,1-2H3,(H2,25,26,29). The van der Waals surface area contributed by atoms with E-state index >= 15 is 0 Å². The predicted octanol–water partition coefficient (Wildman–Crippen LogP) is 4.40. The molecule has 0 spiro atoms. The number of pyridine rings is 1. The van der Waals surface area contributed by atoms with Crippen LogP contribution < -0.4 is 20.1 Å². The second-order valence-electron chi connectivity index (χ2n) is 7.49. The number of amides is 2. The molecule has 1 aliphatic rings. The van der Waals surface area contributed by atoms with E-state index in [-0.39, 0.29) is 6.03 Å². The molecule has 2 amide bonds. The third-order valence-corrected chi connectivity index (χ3v) is 5.51. The summed E-state index contributed by atoms with van der Waals surface area (Å²) in [6.07, 6.45) is 8.27. The molecule has 0 bridgehead atoms. The summed E-state index contributed by atoms with van der Waals surface area (Å²) in [5, 5.41) is 10.5. The third kappa shape index (κ3) is 4.63. The number of nitrogens with zero attached hydrogens (tertiary/aromatic N) is 3. The molecule has 1 aliphatic carbocycles. The highest BCUT2D eigenvalue weighted by molar-refractivity contribution is 5.91. The molecule has 31 heavy (non-hydrogen) atoms. The molecule has 0 saturated heterocycles. The highest BCUT2D eigenvalue weighted by Gasteiger charge is 2.22. The average Bonchev–Trinajstić information content (AvgIpc) is 3.48. The highest BCUT2D eigenvalue weighted by atomic mass is 16.5. The van der Waals surface area contributed by atoms with E-state index in [0.717, 1.165) is 29.8 Å². The number of hydrogen-bond acceptors (Lipinski definition) is 5. The summed E-state index contributed by atoms with van der Waals surface area (Å²) >= 11 is 0. The number of carbonyl (C=O) groups excluding carboxylic acids is 1. The first-order chi connectivity index (χ1) is 15.2. The highest BCUT2D eigenvalue weighted by Crippen LogP contribution is 2.35. The summed E-state index contributed by atoms with van der Waals surface area (Å²) in [6.45, 7) is 0.315. The number of hydrogen-bond donors (Lipinski definition) is 2. The van der Waals surface area contributed by atoms with Gasteiger partial charge in [0.1, 0.15) is 0 Å². The molecule has 162 valence electrons. The Hall–Kier alpha value is -3.55. The van der Waals surface area contributed by atoms with Crippen LogP contribution in [0.3, 0.4) is 0 Å². The van der Waals surface area contributed by atoms with Crippen LogP contribution in [0.4, 0.5) is 10.5 Å². The van der Waals surface area contributed by atoms with Crippen molar-refractivity contribution in [2.45, 2.75) is 38.3 Å². The summed E-state index contributed by atoms with van der Waals surface area (Å²) in [6, 6.07) is 11.4. The van der Waals surface area contributed by atoms with Gasteiger partial charge in [-0.3, -0.25) is 9.67 Å². The molecule has 8 nitrogen and oxygen atoms in total. The van der Waals surface area contributed by atoms with Gasteiger partial charge in [0.15, 0.2) is 11.5 Å². The van der Waals surface area contributed by atoms with Crippen LogP contribution in [0.15, 0.2) is 48.8 Å². The van der Waals surface area contributed by atoms with Gasteiger partial charge in [0.25, 0.3) is 0 Å². The Morgan fingerprint density at radius 2 is 1.90 bits per heavy atom. The average molecular weight is 422 g/mol. The van der Waals surface area contributed by atoms with Gasteiger partial charge in [0.05, 0.1) is 43.9 Å². The number of anilines is 1. The maximum absolute atomic E-state index is 12.5. The molecule has 3 aromatic rings. The van der Waals surface area contributed by atoms with Crippen LogP contribution in [-0.2, 0) is 6.54 Å². The molecule has 1 aromatic carbocycles. The van der Waals surface area contributed by atoms with Crippen molar-refractivity contribution in [2.75, 3.05) is 19.5 Å². The van der Waals surface area contributed by atoms with Crippen LogP contribution in [0.2, 0.25) is 0 Å². The van der Waals surface area contributed by atoms with Gasteiger partial charge < -0.3 is 20.1 Å². The first kappa shape index (κ1) is 20.7. The molecule has 0 atom stereocenters. The van der Waals surface area contributed by atoms with Crippen LogP contribution in [-0.4, -0.2) is 35.0 Å². The molecule has 0 radical (unpaired) electrons. The van der Waals surface area contributed by atoms with Gasteiger partial charge in [-0.25, -0.2) is 4.79 Å². The van der Waals surface area contributed by atoms with Crippen molar-refractivity contribution in [2.24, 2.45) is 0 Å². The lowest BCUT2D eigenvalue weighted by Crippen LogP contribution is -2.28. The summed E-state index contributed by atoms with van der Waals surface area (Å²) in [7, 11) is 3.10. The van der Waals surface area contributed by atoms with Gasteiger partial charge in [0, 0.05) is 18.0 Å². The van der Waals surface area contributed by atoms with E-state index in [1.165, 1.54) is 20.0 Å². The minimum absolute atomic E-state index is 0.315. The number of rotatable bonds is 7. The van der Waals surface area contributed by atoms with Crippen LogP contribution in [0.5, 0.6) is 11.5 Å². The fraction of sp³-hybridized carbons (Fsp3) is 0.348. The fourth-order valence-corrected chi connectivity index (χ4v) is 4.02. The van der Waals surface area contributed by atoms with Gasteiger partial charge in [-0.1, -0.05) is 18.9 Å². The minimum atomic E-state index is -0.340. The Morgan fingerprint density at radius 1 is 1.13 bits per heavy atom. The zero-order valence-corrected chi connectivity index (χ0v) is 17.8. The van der Waals surface area contributed by atoms with E-state index in [4.69, 9.17) is 14.6 Å². The van der Waals surface area contributed by atoms with E-state index in [1.54, 1.807) is 37.7 Å². The lowest BCUT2D eigenvalue weighted by molar-refractivity contribution is 0.251. The number of nitrogens with one attached hydrogen (secondary N) is 2. The van der Waals surface area contributed by atoms with E-state index in [9.17, 15) is 4.79 Å². The molecule has 1 fully saturated rings. The number of carbonyl (C=O) groups is 1. The van der Waals surface area contributed by atoms with Crippen molar-refractivity contribution in [1.82, 2.24) is 20.1 Å². The maximum atomic E-state index is 12.5. The normalized spacial score (nSPS) is 13.7. The zero-order valence-electron chi connectivity index (χ0n) is 17.8. The molecule has 2 N–H and O–H groups in total. The first-order valence-electron chi connectivity index (χ1n) is 10.4. The summed E-state index contributed by atoms with van der Waals surface area (Å²) in [4.78, 5) is 16.6. The number of ether oxygens (including phenoxy) is 2.